The van der Waals surface area contributed by atoms with Gasteiger partial charge in [0, 0.05) is 6.54 Å². The lowest BCUT2D eigenvalue weighted by molar-refractivity contribution is 0.243. The maximum atomic E-state index is 12.0. The summed E-state index contributed by atoms with van der Waals surface area (Å²) in [6.07, 6.45) is 8.15. The van der Waals surface area contributed by atoms with Crippen LogP contribution in [-0.4, -0.2) is 21.0 Å². The molecule has 3 rings (SSSR count). The van der Waals surface area contributed by atoms with E-state index in [-0.39, 0.29) is 0 Å². The molecule has 0 heterocycles. The van der Waals surface area contributed by atoms with Crippen molar-refractivity contribution in [2.45, 2.75) is 19.8 Å². The Bertz CT molecular complexity index is 783. The number of carbonyl (C=O) groups is 1. The van der Waals surface area contributed by atoms with Crippen molar-refractivity contribution in [3.8, 4) is 0 Å². The lowest BCUT2D eigenvalue weighted by Gasteiger charge is -2.18. The van der Waals surface area contributed by atoms with Gasteiger partial charge in [-0.25, -0.2) is 17.9 Å². The lowest BCUT2D eigenvalue weighted by atomic mass is 9.94. The second-order valence-electron chi connectivity index (χ2n) is 6.61. The maximum Gasteiger partial charge on any atom is 0.328 e. The first-order chi connectivity index (χ1) is 11.4. The van der Waals surface area contributed by atoms with E-state index in [2.05, 4.69) is 17.5 Å². The number of hydrogen-bond acceptors (Lipinski definition) is 3. The van der Waals surface area contributed by atoms with E-state index in [0.717, 1.165) is 29.4 Å². The van der Waals surface area contributed by atoms with E-state index in [1.807, 2.05) is 35.9 Å². The van der Waals surface area contributed by atoms with Crippen LogP contribution in [0.25, 0.3) is 6.08 Å². The fraction of sp³-hybridized carbons (Fsp3) is 0.389. The van der Waals surface area contributed by atoms with Crippen molar-refractivity contribution in [2.75, 3.05) is 6.54 Å². The number of hydrogen-bond donors (Lipinski definition) is 2. The number of rotatable bonds is 5. The summed E-state index contributed by atoms with van der Waals surface area (Å²) in [5.41, 5.74) is 1.81. The molecule has 3 unspecified atom stereocenters. The van der Waals surface area contributed by atoms with Gasteiger partial charge in [0.05, 0.1) is 5.41 Å². The van der Waals surface area contributed by atoms with Crippen LogP contribution in [0, 0.1) is 24.7 Å². The second-order valence-corrected chi connectivity index (χ2v) is 8.18. The van der Waals surface area contributed by atoms with Crippen molar-refractivity contribution < 1.29 is 13.2 Å². The van der Waals surface area contributed by atoms with Gasteiger partial charge in [0.1, 0.15) is 0 Å². The smallest absolute Gasteiger partial charge is 0.328 e. The van der Waals surface area contributed by atoms with E-state index in [0.29, 0.717) is 24.3 Å². The Morgan fingerprint density at radius 1 is 1.29 bits per heavy atom. The number of carbonyl (C=O) groups excluding carboxylic acids is 1. The maximum absolute atomic E-state index is 12.0. The predicted octanol–water partition coefficient (Wildman–Crippen LogP) is 2.81. The quantitative estimate of drug-likeness (QED) is 0.805. The van der Waals surface area contributed by atoms with Crippen LogP contribution in [0.4, 0.5) is 4.79 Å². The van der Waals surface area contributed by atoms with E-state index in [4.69, 9.17) is 0 Å². The summed E-state index contributed by atoms with van der Waals surface area (Å²) in [6.45, 7) is 2.44. The monoisotopic (exact) mass is 346 g/mol. The summed E-state index contributed by atoms with van der Waals surface area (Å²) >= 11 is 0. The minimum absolute atomic E-state index is 0.413. The number of fused-ring (bicyclic) bond motifs is 2. The number of amides is 2. The summed E-state index contributed by atoms with van der Waals surface area (Å²) in [5, 5.41) is 3.69. The molecule has 2 aliphatic rings. The lowest BCUT2D eigenvalue weighted by Crippen LogP contribution is -2.41. The van der Waals surface area contributed by atoms with E-state index < -0.39 is 16.1 Å². The first-order valence-electron chi connectivity index (χ1n) is 8.15. The Kier molecular flexibility index (Phi) is 4.76. The molecule has 1 saturated carbocycles. The van der Waals surface area contributed by atoms with Crippen molar-refractivity contribution >= 4 is 22.1 Å². The van der Waals surface area contributed by atoms with Gasteiger partial charge in [-0.05, 0) is 49.2 Å². The van der Waals surface area contributed by atoms with Crippen LogP contribution in [0.3, 0.4) is 0 Å². The molecule has 1 aromatic rings. The van der Waals surface area contributed by atoms with E-state index in [1.165, 1.54) is 6.08 Å². The first kappa shape index (κ1) is 16.8. The molecule has 2 amide bonds. The van der Waals surface area contributed by atoms with Crippen LogP contribution < -0.4 is 10.0 Å². The van der Waals surface area contributed by atoms with E-state index in [1.54, 1.807) is 0 Å². The standard InChI is InChI=1S/C18H22N2O3S/c1-13-3-2-4-14(9-13)7-8-24(22,23)20-18(21)19-12-17-11-15-5-6-16(17)10-15/h2-9,15-17H,10-12H2,1H3,(H2,19,20,21)/b8-7+. The fourth-order valence-corrected chi connectivity index (χ4v) is 4.23. The van der Waals surface area contributed by atoms with Gasteiger partial charge in [0.2, 0.25) is 0 Å². The highest BCUT2D eigenvalue weighted by Gasteiger charge is 2.35. The Morgan fingerprint density at radius 2 is 2.12 bits per heavy atom. The summed E-state index contributed by atoms with van der Waals surface area (Å²) in [7, 11) is -3.80. The highest BCUT2D eigenvalue weighted by Crippen LogP contribution is 2.42. The van der Waals surface area contributed by atoms with Gasteiger partial charge in [-0.2, -0.15) is 0 Å². The number of urea groups is 1. The topological polar surface area (TPSA) is 75.3 Å². The third kappa shape index (κ3) is 4.26. The van der Waals surface area contributed by atoms with E-state index >= 15 is 0 Å². The minimum atomic E-state index is -3.80. The van der Waals surface area contributed by atoms with Gasteiger partial charge in [0.25, 0.3) is 10.0 Å². The molecule has 0 saturated heterocycles. The van der Waals surface area contributed by atoms with Gasteiger partial charge in [-0.15, -0.1) is 0 Å². The van der Waals surface area contributed by atoms with Gasteiger partial charge in [0.15, 0.2) is 0 Å². The highest BCUT2D eigenvalue weighted by atomic mass is 32.2. The number of benzene rings is 1. The third-order valence-corrected chi connectivity index (χ3v) is 5.62. The molecule has 1 aromatic carbocycles. The summed E-state index contributed by atoms with van der Waals surface area (Å²) in [6, 6.07) is 6.79. The normalized spacial score (nSPS) is 25.3. The zero-order valence-corrected chi connectivity index (χ0v) is 14.4. The molecule has 3 atom stereocenters. The molecule has 6 heteroatoms. The van der Waals surface area contributed by atoms with Crippen molar-refractivity contribution in [1.82, 2.24) is 10.0 Å². The highest BCUT2D eigenvalue weighted by molar-refractivity contribution is 7.93. The molecular formula is C18H22N2O3S. The summed E-state index contributed by atoms with van der Waals surface area (Å²) < 4.78 is 25.9. The first-order valence-corrected chi connectivity index (χ1v) is 9.70. The van der Waals surface area contributed by atoms with Gasteiger partial charge in [-0.3, -0.25) is 0 Å². The Morgan fingerprint density at radius 3 is 2.79 bits per heavy atom. The van der Waals surface area contributed by atoms with Crippen LogP contribution in [0.2, 0.25) is 0 Å². The SMILES string of the molecule is Cc1cccc(/C=C/S(=O)(=O)NC(=O)NCC2CC3C=CC2C3)c1. The Balaban J connectivity index is 1.50. The Hall–Kier alpha value is -2.08. The van der Waals surface area contributed by atoms with Crippen molar-refractivity contribution in [2.24, 2.45) is 17.8 Å². The molecule has 1 fully saturated rings. The second kappa shape index (κ2) is 6.81. The number of allylic oxidation sites excluding steroid dienone is 2. The third-order valence-electron chi connectivity index (χ3n) is 4.66. The zero-order valence-electron chi connectivity index (χ0n) is 13.6. The molecular weight excluding hydrogens is 324 g/mol. The van der Waals surface area contributed by atoms with Crippen LogP contribution >= 0.6 is 0 Å². The van der Waals surface area contributed by atoms with Crippen molar-refractivity contribution in [3.63, 3.8) is 0 Å². The summed E-state index contributed by atoms with van der Waals surface area (Å²) in [5.74, 6) is 1.57. The van der Waals surface area contributed by atoms with Crippen LogP contribution in [0.1, 0.15) is 24.0 Å². The Labute approximate surface area is 142 Å². The fourth-order valence-electron chi connectivity index (χ4n) is 3.49. The van der Waals surface area contributed by atoms with Gasteiger partial charge in [-0.1, -0.05) is 42.0 Å². The molecule has 2 bridgehead atoms. The van der Waals surface area contributed by atoms with Gasteiger partial charge >= 0.3 is 6.03 Å². The molecule has 2 N–H and O–H groups in total. The number of sulfonamides is 1. The molecule has 5 nitrogen and oxygen atoms in total. The number of nitrogens with one attached hydrogen (secondary N) is 2. The predicted molar refractivity (Wildman–Crippen MR) is 94.5 cm³/mol. The number of aryl methyl sites for hydroxylation is 1. The van der Waals surface area contributed by atoms with Crippen LogP contribution in [0.5, 0.6) is 0 Å². The average Bonchev–Trinajstić information content (AvgIpc) is 3.13. The molecule has 128 valence electrons. The summed E-state index contributed by atoms with van der Waals surface area (Å²) in [4.78, 5) is 11.8. The van der Waals surface area contributed by atoms with Crippen molar-refractivity contribution in [1.29, 1.82) is 0 Å². The zero-order chi connectivity index (χ0) is 17.2. The minimum Gasteiger partial charge on any atom is -0.337 e. The molecule has 2 aliphatic carbocycles. The van der Waals surface area contributed by atoms with E-state index in [9.17, 15) is 13.2 Å². The molecule has 0 spiro atoms. The van der Waals surface area contributed by atoms with Crippen LogP contribution in [0.15, 0.2) is 41.8 Å². The van der Waals surface area contributed by atoms with Crippen molar-refractivity contribution in [3.05, 3.63) is 53.0 Å². The molecule has 0 radical (unpaired) electrons. The molecule has 0 aromatic heterocycles. The molecule has 0 aliphatic heterocycles. The largest absolute Gasteiger partial charge is 0.337 e. The van der Waals surface area contributed by atoms with Gasteiger partial charge < -0.3 is 5.32 Å². The average molecular weight is 346 g/mol. The molecule has 24 heavy (non-hydrogen) atoms. The van der Waals surface area contributed by atoms with Crippen LogP contribution in [-0.2, 0) is 10.0 Å².